The Morgan fingerprint density at radius 3 is 2.72 bits per heavy atom. The maximum atomic E-state index is 11.9. The number of nitrogens with one attached hydrogen (secondary N) is 2. The largest absolute Gasteiger partial charge is 0.335 e. The maximum Gasteiger partial charge on any atom is 0.321 e. The fraction of sp³-hybridized carbons (Fsp3) is 0.389. The molecule has 1 aromatic carbocycles. The molecule has 132 valence electrons. The van der Waals surface area contributed by atoms with E-state index in [-0.39, 0.29) is 24.4 Å². The normalized spacial score (nSPS) is 14.4. The summed E-state index contributed by atoms with van der Waals surface area (Å²) in [5, 5.41) is 6.08. The van der Waals surface area contributed by atoms with Crippen LogP contribution in [0, 0.1) is 0 Å². The van der Waals surface area contributed by atoms with Crippen molar-refractivity contribution in [2.75, 3.05) is 5.75 Å². The predicted octanol–water partition coefficient (Wildman–Crippen LogP) is 3.12. The van der Waals surface area contributed by atoms with Crippen LogP contribution in [-0.2, 0) is 4.79 Å². The summed E-state index contributed by atoms with van der Waals surface area (Å²) in [6.45, 7) is 0. The molecule has 0 spiro atoms. The molecule has 1 aliphatic rings. The van der Waals surface area contributed by atoms with Gasteiger partial charge in [0.05, 0.1) is 0 Å². The van der Waals surface area contributed by atoms with E-state index >= 15 is 0 Å². The van der Waals surface area contributed by atoms with Crippen LogP contribution >= 0.6 is 11.8 Å². The molecule has 25 heavy (non-hydrogen) atoms. The summed E-state index contributed by atoms with van der Waals surface area (Å²) in [5.74, 6) is 0.299. The molecule has 2 N–H and O–H groups in total. The molecule has 0 atom stereocenters. The molecule has 0 bridgehead atoms. The number of nitrogens with zero attached hydrogens (tertiary/aromatic N) is 2. The fourth-order valence-corrected chi connectivity index (χ4v) is 3.81. The Morgan fingerprint density at radius 2 is 1.96 bits per heavy atom. The third kappa shape index (κ3) is 5.09. The second-order valence-corrected chi connectivity index (χ2v) is 7.08. The highest BCUT2D eigenvalue weighted by Gasteiger charge is 2.18. The van der Waals surface area contributed by atoms with Crippen molar-refractivity contribution in [2.24, 2.45) is 0 Å². The molecule has 7 heteroatoms. The summed E-state index contributed by atoms with van der Waals surface area (Å²) in [7, 11) is 0. The number of urea groups is 1. The van der Waals surface area contributed by atoms with Crippen LogP contribution in [0.2, 0.25) is 0 Å². The van der Waals surface area contributed by atoms with Gasteiger partial charge in [0.25, 0.3) is 0 Å². The smallest absolute Gasteiger partial charge is 0.321 e. The van der Waals surface area contributed by atoms with Crippen LogP contribution in [0.1, 0.15) is 32.1 Å². The molecule has 1 aliphatic carbocycles. The number of amides is 3. The van der Waals surface area contributed by atoms with Gasteiger partial charge in [-0.1, -0.05) is 42.8 Å². The van der Waals surface area contributed by atoms with Crippen LogP contribution in [0.15, 0.2) is 47.9 Å². The Labute approximate surface area is 151 Å². The van der Waals surface area contributed by atoms with E-state index in [0.29, 0.717) is 5.75 Å². The third-order valence-corrected chi connectivity index (χ3v) is 5.11. The number of rotatable bonds is 6. The van der Waals surface area contributed by atoms with Gasteiger partial charge in [0.15, 0.2) is 5.16 Å². The molecule has 2 aromatic rings. The van der Waals surface area contributed by atoms with Gasteiger partial charge in [-0.2, -0.15) is 0 Å². The quantitative estimate of drug-likeness (QED) is 0.778. The highest BCUT2D eigenvalue weighted by atomic mass is 32.2. The Hall–Kier alpha value is -2.28. The van der Waals surface area contributed by atoms with E-state index in [4.69, 9.17) is 0 Å². The predicted molar refractivity (Wildman–Crippen MR) is 97.8 cm³/mol. The van der Waals surface area contributed by atoms with E-state index in [9.17, 15) is 9.59 Å². The lowest BCUT2D eigenvalue weighted by molar-refractivity contribution is -0.119. The number of para-hydroxylation sites is 1. The van der Waals surface area contributed by atoms with E-state index in [1.54, 1.807) is 6.20 Å². The molecule has 1 saturated carbocycles. The molecule has 1 aromatic heterocycles. The van der Waals surface area contributed by atoms with Gasteiger partial charge in [-0.25, -0.2) is 9.78 Å². The molecule has 3 amide bonds. The minimum Gasteiger partial charge on any atom is -0.335 e. The maximum absolute atomic E-state index is 11.9. The molecule has 0 unspecified atom stereocenters. The average molecular weight is 358 g/mol. The number of imide groups is 1. The van der Waals surface area contributed by atoms with E-state index in [1.807, 2.05) is 41.1 Å². The second kappa shape index (κ2) is 8.71. The first-order valence-electron chi connectivity index (χ1n) is 8.54. The molecule has 1 heterocycles. The van der Waals surface area contributed by atoms with E-state index in [2.05, 4.69) is 15.6 Å². The van der Waals surface area contributed by atoms with Crippen molar-refractivity contribution in [1.29, 1.82) is 0 Å². The van der Waals surface area contributed by atoms with Crippen molar-refractivity contribution in [3.63, 3.8) is 0 Å². The Morgan fingerprint density at radius 1 is 1.20 bits per heavy atom. The number of benzene rings is 1. The highest BCUT2D eigenvalue weighted by Crippen LogP contribution is 2.21. The molecule has 3 rings (SSSR count). The number of hydrogen-bond acceptors (Lipinski definition) is 4. The van der Waals surface area contributed by atoms with Gasteiger partial charge in [0.1, 0.15) is 0 Å². The topological polar surface area (TPSA) is 76.0 Å². The Balaban J connectivity index is 1.43. The van der Waals surface area contributed by atoms with Crippen LogP contribution in [0.3, 0.4) is 0 Å². The zero-order chi connectivity index (χ0) is 17.5. The number of carbonyl (C=O) groups is 2. The van der Waals surface area contributed by atoms with Crippen LogP contribution < -0.4 is 10.6 Å². The minimum absolute atomic E-state index is 0.209. The van der Waals surface area contributed by atoms with Crippen LogP contribution in [0.25, 0.3) is 5.69 Å². The second-order valence-electron chi connectivity index (χ2n) is 6.02. The van der Waals surface area contributed by atoms with Gasteiger partial charge in [0, 0.05) is 36.3 Å². The van der Waals surface area contributed by atoms with Gasteiger partial charge < -0.3 is 5.32 Å². The lowest BCUT2D eigenvalue weighted by Gasteiger charge is -2.12. The number of carbonyl (C=O) groups excluding carboxylic acids is 2. The summed E-state index contributed by atoms with van der Waals surface area (Å²) in [5.41, 5.74) is 1.03. The van der Waals surface area contributed by atoms with Gasteiger partial charge in [-0.15, -0.1) is 0 Å². The van der Waals surface area contributed by atoms with E-state index in [0.717, 1.165) is 36.5 Å². The summed E-state index contributed by atoms with van der Waals surface area (Å²) >= 11 is 1.50. The summed E-state index contributed by atoms with van der Waals surface area (Å²) in [6, 6.07) is 9.75. The van der Waals surface area contributed by atoms with Crippen LogP contribution in [-0.4, -0.2) is 33.3 Å². The first kappa shape index (κ1) is 17.5. The lowest BCUT2D eigenvalue weighted by atomic mass is 10.2. The van der Waals surface area contributed by atoms with Crippen LogP contribution in [0.4, 0.5) is 4.79 Å². The zero-order valence-electron chi connectivity index (χ0n) is 14.0. The lowest BCUT2D eigenvalue weighted by Crippen LogP contribution is -2.43. The molecule has 0 saturated heterocycles. The average Bonchev–Trinajstić information content (AvgIpc) is 3.27. The van der Waals surface area contributed by atoms with Gasteiger partial charge in [0.2, 0.25) is 5.91 Å². The van der Waals surface area contributed by atoms with Crippen LogP contribution in [0.5, 0.6) is 0 Å². The number of hydrogen-bond donors (Lipinski definition) is 2. The molecule has 6 nitrogen and oxygen atoms in total. The summed E-state index contributed by atoms with van der Waals surface area (Å²) < 4.78 is 1.98. The molecule has 0 aliphatic heterocycles. The molecule has 1 fully saturated rings. The van der Waals surface area contributed by atoms with Crippen molar-refractivity contribution in [3.8, 4) is 5.69 Å². The van der Waals surface area contributed by atoms with Crippen molar-refractivity contribution >= 4 is 23.7 Å². The van der Waals surface area contributed by atoms with E-state index in [1.165, 1.54) is 11.8 Å². The molecular formula is C18H22N4O2S. The standard InChI is InChI=1S/C18H22N4O2S/c23-16(21-17(24)20-14-6-4-5-7-14)10-13-25-18-19-11-12-22(18)15-8-2-1-3-9-15/h1-3,8-9,11-12,14H,4-7,10,13H2,(H2,20,21,23,24). The van der Waals surface area contributed by atoms with Crippen molar-refractivity contribution in [2.45, 2.75) is 43.3 Å². The number of thioether (sulfide) groups is 1. The Kier molecular flexibility index (Phi) is 6.11. The zero-order valence-corrected chi connectivity index (χ0v) is 14.8. The molecule has 0 radical (unpaired) electrons. The van der Waals surface area contributed by atoms with Gasteiger partial charge in [-0.05, 0) is 25.0 Å². The van der Waals surface area contributed by atoms with E-state index < -0.39 is 0 Å². The van der Waals surface area contributed by atoms with Crippen molar-refractivity contribution in [1.82, 2.24) is 20.2 Å². The first-order valence-corrected chi connectivity index (χ1v) is 9.53. The monoisotopic (exact) mass is 358 g/mol. The number of imidazole rings is 1. The SMILES string of the molecule is O=C(CCSc1nccn1-c1ccccc1)NC(=O)NC1CCCC1. The summed E-state index contributed by atoms with van der Waals surface area (Å²) in [6.07, 6.45) is 8.19. The first-order chi connectivity index (χ1) is 12.2. The van der Waals surface area contributed by atoms with Gasteiger partial charge >= 0.3 is 6.03 Å². The third-order valence-electron chi connectivity index (χ3n) is 4.14. The Bertz CT molecular complexity index is 711. The van der Waals surface area contributed by atoms with Crippen molar-refractivity contribution in [3.05, 3.63) is 42.7 Å². The molecular weight excluding hydrogens is 336 g/mol. The van der Waals surface area contributed by atoms with Crippen molar-refractivity contribution < 1.29 is 9.59 Å². The fourth-order valence-electron chi connectivity index (χ4n) is 2.90. The summed E-state index contributed by atoms with van der Waals surface area (Å²) in [4.78, 5) is 28.0. The van der Waals surface area contributed by atoms with Gasteiger partial charge in [-0.3, -0.25) is 14.7 Å². The minimum atomic E-state index is -0.382. The number of aromatic nitrogens is 2. The highest BCUT2D eigenvalue weighted by molar-refractivity contribution is 7.99.